The third kappa shape index (κ3) is 1.37. The van der Waals surface area contributed by atoms with Gasteiger partial charge >= 0.3 is 0 Å². The number of hydrogen-bond donors (Lipinski definition) is 4. The second-order valence-corrected chi connectivity index (χ2v) is 3.47. The molecule has 0 aromatic carbocycles. The van der Waals surface area contributed by atoms with Crippen molar-refractivity contribution in [2.45, 2.75) is 31.3 Å². The van der Waals surface area contributed by atoms with E-state index < -0.39 is 24.4 Å². The second-order valence-electron chi connectivity index (χ2n) is 3.47. The lowest BCUT2D eigenvalue weighted by Crippen LogP contribution is -2.28. The molecule has 6 heteroatoms. The van der Waals surface area contributed by atoms with Gasteiger partial charge in [0.1, 0.15) is 30.0 Å². The molecule has 0 unspecified atom stereocenters. The smallest absolute Gasteiger partial charge is 0.144 e. The van der Waals surface area contributed by atoms with Crippen molar-refractivity contribution in [1.82, 2.24) is 9.97 Å². The first-order chi connectivity index (χ1) is 6.59. The fourth-order valence-corrected chi connectivity index (χ4v) is 1.57. The average molecular weight is 199 g/mol. The molecule has 78 valence electrons. The Morgan fingerprint density at radius 2 is 2.21 bits per heavy atom. The van der Waals surface area contributed by atoms with Crippen LogP contribution in [0.3, 0.4) is 0 Å². The van der Waals surface area contributed by atoms with Crippen LogP contribution in [0.4, 0.5) is 5.82 Å². The molecular formula is C8H13N3O3. The van der Waals surface area contributed by atoms with Gasteiger partial charge in [0.15, 0.2) is 0 Å². The van der Waals surface area contributed by atoms with Gasteiger partial charge in [0.05, 0.1) is 12.3 Å². The van der Waals surface area contributed by atoms with Gasteiger partial charge < -0.3 is 25.7 Å². The van der Waals surface area contributed by atoms with E-state index in [0.717, 1.165) is 0 Å². The number of rotatable bonds is 1. The Labute approximate surface area is 80.7 Å². The number of ether oxygens (including phenoxy) is 1. The van der Waals surface area contributed by atoms with E-state index in [4.69, 9.17) is 10.5 Å². The van der Waals surface area contributed by atoms with Crippen LogP contribution >= 0.6 is 0 Å². The minimum Gasteiger partial charge on any atom is -0.388 e. The van der Waals surface area contributed by atoms with Gasteiger partial charge in [-0.15, -0.1) is 0 Å². The molecule has 0 saturated carbocycles. The first-order valence-corrected chi connectivity index (χ1v) is 4.41. The van der Waals surface area contributed by atoms with E-state index in [9.17, 15) is 10.2 Å². The first-order valence-electron chi connectivity index (χ1n) is 4.41. The summed E-state index contributed by atoms with van der Waals surface area (Å²) in [7, 11) is 0. The number of nitrogens with one attached hydrogen (secondary N) is 1. The largest absolute Gasteiger partial charge is 0.388 e. The molecule has 14 heavy (non-hydrogen) atoms. The molecule has 1 aliphatic rings. The minimum atomic E-state index is -0.962. The van der Waals surface area contributed by atoms with Gasteiger partial charge in [-0.05, 0) is 6.92 Å². The maximum Gasteiger partial charge on any atom is 0.144 e. The number of nitrogens with two attached hydrogens (primary N) is 1. The third-order valence-corrected chi connectivity index (χ3v) is 2.39. The van der Waals surface area contributed by atoms with Gasteiger partial charge in [-0.3, -0.25) is 0 Å². The molecule has 0 bridgehead atoms. The van der Waals surface area contributed by atoms with Crippen LogP contribution in [0.5, 0.6) is 0 Å². The van der Waals surface area contributed by atoms with Crippen molar-refractivity contribution in [1.29, 1.82) is 0 Å². The van der Waals surface area contributed by atoms with Crippen LogP contribution in [0, 0.1) is 0 Å². The Morgan fingerprint density at radius 1 is 1.50 bits per heavy atom. The Kier molecular flexibility index (Phi) is 2.18. The van der Waals surface area contributed by atoms with Crippen LogP contribution in [-0.2, 0) is 4.74 Å². The molecule has 2 heterocycles. The molecule has 6 nitrogen and oxygen atoms in total. The van der Waals surface area contributed by atoms with E-state index in [1.165, 1.54) is 6.20 Å². The topological polar surface area (TPSA) is 104 Å². The van der Waals surface area contributed by atoms with E-state index in [1.54, 1.807) is 6.92 Å². The van der Waals surface area contributed by atoms with E-state index in [2.05, 4.69) is 9.97 Å². The zero-order chi connectivity index (χ0) is 10.3. The number of nitrogen functional groups attached to an aromatic ring is 1. The average Bonchev–Trinajstić information content (AvgIpc) is 2.66. The summed E-state index contributed by atoms with van der Waals surface area (Å²) in [6, 6.07) is 0. The summed E-state index contributed by atoms with van der Waals surface area (Å²) in [4.78, 5) is 6.70. The Hall–Kier alpha value is -1.11. The maximum absolute atomic E-state index is 9.61. The van der Waals surface area contributed by atoms with Crippen LogP contribution < -0.4 is 5.73 Å². The van der Waals surface area contributed by atoms with E-state index in [1.807, 2.05) is 0 Å². The molecule has 4 atom stereocenters. The number of hydrogen-bond acceptors (Lipinski definition) is 5. The molecule has 0 amide bonds. The predicted octanol–water partition coefficient (Wildman–Crippen LogP) is -0.827. The van der Waals surface area contributed by atoms with Crippen molar-refractivity contribution in [2.24, 2.45) is 0 Å². The highest BCUT2D eigenvalue weighted by Crippen LogP contribution is 2.31. The maximum atomic E-state index is 9.61. The SMILES string of the molecule is C[C@H]1O[C@@H](c2ncc(N)[nH]2)[C@H](O)[C@@H]1O. The fraction of sp³-hybridized carbons (Fsp3) is 0.625. The standard InChI is InChI=1S/C8H13N3O3/c1-3-5(12)6(13)7(14-3)8-10-2-4(9)11-8/h2-3,5-7,12-13H,9H2,1H3,(H,10,11)/t3-,5-,6-,7-/m1/s1. The van der Waals surface area contributed by atoms with E-state index in [0.29, 0.717) is 11.6 Å². The fourth-order valence-electron chi connectivity index (χ4n) is 1.57. The molecule has 1 saturated heterocycles. The van der Waals surface area contributed by atoms with Crippen molar-refractivity contribution in [2.75, 3.05) is 5.73 Å². The summed E-state index contributed by atoms with van der Waals surface area (Å²) in [6.45, 7) is 1.69. The van der Waals surface area contributed by atoms with Crippen LogP contribution in [-0.4, -0.2) is 38.5 Å². The molecule has 0 aliphatic carbocycles. The summed E-state index contributed by atoms with van der Waals surface area (Å²) < 4.78 is 5.34. The van der Waals surface area contributed by atoms with Crippen LogP contribution in [0.15, 0.2) is 6.20 Å². The summed E-state index contributed by atoms with van der Waals surface area (Å²) in [5.41, 5.74) is 5.44. The number of imidazole rings is 1. The van der Waals surface area contributed by atoms with Crippen molar-refractivity contribution in [3.63, 3.8) is 0 Å². The lowest BCUT2D eigenvalue weighted by atomic mass is 10.1. The predicted molar refractivity (Wildman–Crippen MR) is 48.3 cm³/mol. The zero-order valence-electron chi connectivity index (χ0n) is 7.71. The molecule has 1 aromatic heterocycles. The lowest BCUT2D eigenvalue weighted by Gasteiger charge is -2.11. The summed E-state index contributed by atoms with van der Waals surface area (Å²) in [5, 5.41) is 19.1. The highest BCUT2D eigenvalue weighted by atomic mass is 16.5. The second kappa shape index (κ2) is 3.23. The molecule has 1 aliphatic heterocycles. The number of nitrogens with zero attached hydrogens (tertiary/aromatic N) is 1. The number of aromatic nitrogens is 2. The van der Waals surface area contributed by atoms with E-state index in [-0.39, 0.29) is 0 Å². The van der Waals surface area contributed by atoms with Crippen LogP contribution in [0.2, 0.25) is 0 Å². The van der Waals surface area contributed by atoms with E-state index >= 15 is 0 Å². The number of aromatic amines is 1. The van der Waals surface area contributed by atoms with Gasteiger partial charge in [0.2, 0.25) is 0 Å². The molecule has 0 radical (unpaired) electrons. The number of anilines is 1. The first kappa shape index (κ1) is 9.45. The quantitative estimate of drug-likeness (QED) is 0.472. The molecule has 1 aromatic rings. The molecule has 1 fully saturated rings. The van der Waals surface area contributed by atoms with Gasteiger partial charge in [0, 0.05) is 0 Å². The minimum absolute atomic E-state index is 0.402. The highest BCUT2D eigenvalue weighted by Gasteiger charge is 2.42. The van der Waals surface area contributed by atoms with Gasteiger partial charge in [-0.25, -0.2) is 4.98 Å². The highest BCUT2D eigenvalue weighted by molar-refractivity contribution is 5.25. The summed E-state index contributed by atoms with van der Waals surface area (Å²) in [5.74, 6) is 0.850. The Morgan fingerprint density at radius 3 is 2.64 bits per heavy atom. The van der Waals surface area contributed by atoms with Crippen molar-refractivity contribution < 1.29 is 14.9 Å². The Bertz CT molecular complexity index is 327. The van der Waals surface area contributed by atoms with Gasteiger partial charge in [-0.2, -0.15) is 0 Å². The summed E-state index contributed by atoms with van der Waals surface area (Å²) in [6.07, 6.45) is -1.43. The van der Waals surface area contributed by atoms with Gasteiger partial charge in [-0.1, -0.05) is 0 Å². The molecule has 5 N–H and O–H groups in total. The van der Waals surface area contributed by atoms with Crippen molar-refractivity contribution in [3.05, 3.63) is 12.0 Å². The molecule has 2 rings (SSSR count). The van der Waals surface area contributed by atoms with Crippen molar-refractivity contribution in [3.8, 4) is 0 Å². The lowest BCUT2D eigenvalue weighted by molar-refractivity contribution is 0.0102. The monoisotopic (exact) mass is 199 g/mol. The molecule has 0 spiro atoms. The number of H-pyrrole nitrogens is 1. The Balaban J connectivity index is 2.20. The molecular weight excluding hydrogens is 186 g/mol. The number of aliphatic hydroxyl groups is 2. The van der Waals surface area contributed by atoms with Gasteiger partial charge in [0.25, 0.3) is 0 Å². The zero-order valence-corrected chi connectivity index (χ0v) is 7.71. The van der Waals surface area contributed by atoms with Crippen LogP contribution in [0.25, 0.3) is 0 Å². The third-order valence-electron chi connectivity index (χ3n) is 2.39. The normalized spacial score (nSPS) is 37.6. The van der Waals surface area contributed by atoms with Crippen molar-refractivity contribution >= 4 is 5.82 Å². The summed E-state index contributed by atoms with van der Waals surface area (Å²) >= 11 is 0. The van der Waals surface area contributed by atoms with Crippen LogP contribution in [0.1, 0.15) is 18.9 Å². The number of aliphatic hydroxyl groups excluding tert-OH is 2.